The number of hydrogen-bond acceptors (Lipinski definition) is 1. The fourth-order valence-corrected chi connectivity index (χ4v) is 1.59. The number of pyridine rings is 1. The quantitative estimate of drug-likeness (QED) is 0.718. The Morgan fingerprint density at radius 3 is 2.53 bits per heavy atom. The number of nitrogens with zero attached hydrogens (tertiary/aromatic N) is 1. The maximum absolute atomic E-state index is 13.6. The van der Waals surface area contributed by atoms with Crippen LogP contribution in [-0.4, -0.2) is 4.98 Å². The summed E-state index contributed by atoms with van der Waals surface area (Å²) in [5, 5.41) is 0. The molecule has 0 aliphatic rings. The molecule has 2 rings (SSSR count). The summed E-state index contributed by atoms with van der Waals surface area (Å²) in [4.78, 5) is 4.00. The molecule has 0 bridgehead atoms. The zero-order valence-electron chi connectivity index (χ0n) is 7.55. The molecular formula is C11H6BrF2N. The van der Waals surface area contributed by atoms with Crippen LogP contribution in [0, 0.1) is 11.6 Å². The van der Waals surface area contributed by atoms with Gasteiger partial charge in [-0.05, 0) is 40.2 Å². The zero-order valence-corrected chi connectivity index (χ0v) is 9.13. The normalized spacial score (nSPS) is 10.3. The molecule has 0 aliphatic heterocycles. The molecule has 1 aromatic heterocycles. The van der Waals surface area contributed by atoms with Gasteiger partial charge in [0.05, 0.1) is 10.2 Å². The van der Waals surface area contributed by atoms with Gasteiger partial charge in [-0.1, -0.05) is 6.07 Å². The number of benzene rings is 1. The third kappa shape index (κ3) is 1.90. The summed E-state index contributed by atoms with van der Waals surface area (Å²) in [6, 6.07) is 7.73. The number of rotatable bonds is 1. The molecule has 0 atom stereocenters. The lowest BCUT2D eigenvalue weighted by Gasteiger charge is -2.04. The van der Waals surface area contributed by atoms with Crippen LogP contribution < -0.4 is 0 Å². The average Bonchev–Trinajstić information content (AvgIpc) is 2.27. The van der Waals surface area contributed by atoms with Gasteiger partial charge in [-0.2, -0.15) is 0 Å². The fourth-order valence-electron chi connectivity index (χ4n) is 1.25. The summed E-state index contributed by atoms with van der Waals surface area (Å²) in [6.07, 6.45) is 1.56. The molecule has 1 heterocycles. The van der Waals surface area contributed by atoms with Gasteiger partial charge in [0.25, 0.3) is 0 Å². The third-order valence-electron chi connectivity index (χ3n) is 1.98. The SMILES string of the molecule is Fc1ccc(-c2ccccn2)c(F)c1Br. The van der Waals surface area contributed by atoms with E-state index in [2.05, 4.69) is 20.9 Å². The zero-order chi connectivity index (χ0) is 10.8. The largest absolute Gasteiger partial charge is 0.256 e. The van der Waals surface area contributed by atoms with Crippen molar-refractivity contribution < 1.29 is 8.78 Å². The van der Waals surface area contributed by atoms with Crippen molar-refractivity contribution in [3.8, 4) is 11.3 Å². The molecular weight excluding hydrogens is 264 g/mol. The molecule has 1 nitrogen and oxygen atoms in total. The van der Waals surface area contributed by atoms with Crippen molar-refractivity contribution in [2.24, 2.45) is 0 Å². The highest BCUT2D eigenvalue weighted by molar-refractivity contribution is 9.10. The van der Waals surface area contributed by atoms with Gasteiger partial charge in [0.1, 0.15) is 11.6 Å². The molecule has 76 valence electrons. The van der Waals surface area contributed by atoms with E-state index in [0.717, 1.165) is 0 Å². The van der Waals surface area contributed by atoms with Crippen LogP contribution in [0.5, 0.6) is 0 Å². The van der Waals surface area contributed by atoms with Crippen LogP contribution in [0.4, 0.5) is 8.78 Å². The van der Waals surface area contributed by atoms with Gasteiger partial charge in [0.2, 0.25) is 0 Å². The van der Waals surface area contributed by atoms with E-state index in [-0.39, 0.29) is 10.0 Å². The Balaban J connectivity index is 2.60. The summed E-state index contributed by atoms with van der Waals surface area (Å²) in [5.74, 6) is -1.25. The first-order valence-electron chi connectivity index (χ1n) is 4.25. The standard InChI is InChI=1S/C11H6BrF2N/c12-10-8(13)5-4-7(11(10)14)9-3-1-2-6-15-9/h1-6H. The molecule has 2 aromatic rings. The van der Waals surface area contributed by atoms with E-state index >= 15 is 0 Å². The minimum Gasteiger partial charge on any atom is -0.256 e. The first-order valence-corrected chi connectivity index (χ1v) is 5.04. The smallest absolute Gasteiger partial charge is 0.149 e. The number of halogens is 3. The maximum Gasteiger partial charge on any atom is 0.149 e. The lowest BCUT2D eigenvalue weighted by atomic mass is 10.1. The van der Waals surface area contributed by atoms with Gasteiger partial charge >= 0.3 is 0 Å². The van der Waals surface area contributed by atoms with Gasteiger partial charge in [-0.15, -0.1) is 0 Å². The van der Waals surface area contributed by atoms with Crippen molar-refractivity contribution in [2.75, 3.05) is 0 Å². The van der Waals surface area contributed by atoms with Crippen LogP contribution in [-0.2, 0) is 0 Å². The van der Waals surface area contributed by atoms with Crippen LogP contribution in [0.25, 0.3) is 11.3 Å². The number of aromatic nitrogens is 1. The lowest BCUT2D eigenvalue weighted by Crippen LogP contribution is -1.91. The molecule has 0 fully saturated rings. The highest BCUT2D eigenvalue weighted by Crippen LogP contribution is 2.28. The van der Waals surface area contributed by atoms with E-state index in [0.29, 0.717) is 5.69 Å². The monoisotopic (exact) mass is 269 g/mol. The van der Waals surface area contributed by atoms with Gasteiger partial charge in [-0.3, -0.25) is 4.98 Å². The molecule has 0 amide bonds. The predicted molar refractivity (Wildman–Crippen MR) is 57.3 cm³/mol. The molecule has 0 aliphatic carbocycles. The Bertz CT molecular complexity index is 485. The second kappa shape index (κ2) is 4.06. The summed E-state index contributed by atoms with van der Waals surface area (Å²) in [5.41, 5.74) is 0.763. The highest BCUT2D eigenvalue weighted by Gasteiger charge is 2.12. The summed E-state index contributed by atoms with van der Waals surface area (Å²) in [6.45, 7) is 0. The number of hydrogen-bond donors (Lipinski definition) is 0. The fraction of sp³-hybridized carbons (Fsp3) is 0. The molecule has 0 saturated carbocycles. The van der Waals surface area contributed by atoms with E-state index in [4.69, 9.17) is 0 Å². The van der Waals surface area contributed by atoms with Crippen molar-refractivity contribution in [1.82, 2.24) is 4.98 Å². The van der Waals surface area contributed by atoms with E-state index in [1.54, 1.807) is 24.4 Å². The summed E-state index contributed by atoms with van der Waals surface area (Å²) < 4.78 is 26.4. The Morgan fingerprint density at radius 2 is 1.87 bits per heavy atom. The van der Waals surface area contributed by atoms with Crippen LogP contribution in [0.3, 0.4) is 0 Å². The molecule has 0 spiro atoms. The van der Waals surface area contributed by atoms with Gasteiger partial charge < -0.3 is 0 Å². The molecule has 15 heavy (non-hydrogen) atoms. The van der Waals surface area contributed by atoms with Gasteiger partial charge in [0, 0.05) is 11.8 Å². The Morgan fingerprint density at radius 1 is 1.07 bits per heavy atom. The third-order valence-corrected chi connectivity index (χ3v) is 2.70. The minimum atomic E-state index is -0.631. The first kappa shape index (κ1) is 10.2. The van der Waals surface area contributed by atoms with E-state index in [1.165, 1.54) is 12.1 Å². The van der Waals surface area contributed by atoms with E-state index in [1.807, 2.05) is 0 Å². The van der Waals surface area contributed by atoms with Gasteiger partial charge in [0.15, 0.2) is 0 Å². The summed E-state index contributed by atoms with van der Waals surface area (Å²) in [7, 11) is 0. The Kier molecular flexibility index (Phi) is 2.77. The highest BCUT2D eigenvalue weighted by atomic mass is 79.9. The van der Waals surface area contributed by atoms with E-state index < -0.39 is 11.6 Å². The van der Waals surface area contributed by atoms with Crippen LogP contribution in [0.1, 0.15) is 0 Å². The lowest BCUT2D eigenvalue weighted by molar-refractivity contribution is 0.574. The van der Waals surface area contributed by atoms with Crippen LogP contribution in [0.2, 0.25) is 0 Å². The van der Waals surface area contributed by atoms with E-state index in [9.17, 15) is 8.78 Å². The van der Waals surface area contributed by atoms with Crippen molar-refractivity contribution in [3.63, 3.8) is 0 Å². The molecule has 1 aromatic carbocycles. The van der Waals surface area contributed by atoms with Crippen molar-refractivity contribution in [2.45, 2.75) is 0 Å². The second-order valence-electron chi connectivity index (χ2n) is 2.94. The van der Waals surface area contributed by atoms with Crippen molar-refractivity contribution in [3.05, 3.63) is 52.6 Å². The topological polar surface area (TPSA) is 12.9 Å². The molecule has 0 unspecified atom stereocenters. The first-order chi connectivity index (χ1) is 7.20. The predicted octanol–water partition coefficient (Wildman–Crippen LogP) is 3.79. The van der Waals surface area contributed by atoms with Crippen LogP contribution >= 0.6 is 15.9 Å². The molecule has 0 saturated heterocycles. The van der Waals surface area contributed by atoms with Crippen LogP contribution in [0.15, 0.2) is 41.0 Å². The molecule has 0 radical (unpaired) electrons. The van der Waals surface area contributed by atoms with Crippen molar-refractivity contribution >= 4 is 15.9 Å². The van der Waals surface area contributed by atoms with Crippen molar-refractivity contribution in [1.29, 1.82) is 0 Å². The maximum atomic E-state index is 13.6. The summed E-state index contributed by atoms with van der Waals surface area (Å²) >= 11 is 2.85. The molecule has 0 N–H and O–H groups in total. The Hall–Kier alpha value is -1.29. The average molecular weight is 270 g/mol. The molecule has 4 heteroatoms. The minimum absolute atomic E-state index is 0.161. The second-order valence-corrected chi connectivity index (χ2v) is 3.73. The van der Waals surface area contributed by atoms with Gasteiger partial charge in [-0.25, -0.2) is 8.78 Å². The Labute approximate surface area is 93.9 Å².